The summed E-state index contributed by atoms with van der Waals surface area (Å²) in [6.45, 7) is 3.03. The summed E-state index contributed by atoms with van der Waals surface area (Å²) < 4.78 is 7.05. The fraction of sp³-hybridized carbons (Fsp3) is 0.357. The minimum Gasteiger partial charge on any atom is -0.462 e. The summed E-state index contributed by atoms with van der Waals surface area (Å²) in [6, 6.07) is 5.60. The lowest BCUT2D eigenvalue weighted by Gasteiger charge is -2.03. The van der Waals surface area contributed by atoms with Gasteiger partial charge in [-0.2, -0.15) is 5.10 Å². The van der Waals surface area contributed by atoms with Crippen molar-refractivity contribution in [2.75, 3.05) is 6.61 Å². The molecule has 1 aliphatic heterocycles. The highest BCUT2D eigenvalue weighted by atomic mass is 16.5. The molecular weight excluding hydrogens is 242 g/mol. The van der Waals surface area contributed by atoms with Crippen molar-refractivity contribution in [2.24, 2.45) is 0 Å². The molecule has 0 amide bonds. The number of hydrogen-bond acceptors (Lipinski definition) is 4. The summed E-state index contributed by atoms with van der Waals surface area (Å²) in [5.41, 5.74) is 2.90. The first-order valence-electron chi connectivity index (χ1n) is 6.49. The Morgan fingerprint density at radius 3 is 3.11 bits per heavy atom. The van der Waals surface area contributed by atoms with E-state index in [-0.39, 0.29) is 5.97 Å². The minimum atomic E-state index is -0.300. The van der Waals surface area contributed by atoms with E-state index in [0.29, 0.717) is 23.6 Å². The monoisotopic (exact) mass is 257 g/mol. The average Bonchev–Trinajstić information content (AvgIpc) is 2.99. The van der Waals surface area contributed by atoms with E-state index in [2.05, 4.69) is 10.1 Å². The topological polar surface area (TPSA) is 57.0 Å². The molecule has 0 saturated carbocycles. The third-order valence-electron chi connectivity index (χ3n) is 3.23. The summed E-state index contributed by atoms with van der Waals surface area (Å²) in [5, 5.41) is 4.52. The van der Waals surface area contributed by atoms with E-state index in [1.54, 1.807) is 6.20 Å². The number of esters is 1. The van der Waals surface area contributed by atoms with Gasteiger partial charge in [-0.1, -0.05) is 6.07 Å². The molecule has 2 aromatic rings. The Bertz CT molecular complexity index is 605. The standard InChI is InChI=1S/C14H15N3O2/c1-2-19-14(18)12-11-7-5-9-17(11)16-13(12)10-6-3-4-8-15-10/h3-4,6,8H,2,5,7,9H2,1H3. The van der Waals surface area contributed by atoms with Gasteiger partial charge >= 0.3 is 5.97 Å². The molecule has 98 valence electrons. The first-order chi connectivity index (χ1) is 9.31. The smallest absolute Gasteiger partial charge is 0.342 e. The van der Waals surface area contributed by atoms with E-state index in [0.717, 1.165) is 25.1 Å². The van der Waals surface area contributed by atoms with Crippen LogP contribution >= 0.6 is 0 Å². The number of carbonyl (C=O) groups excluding carboxylic acids is 1. The fourth-order valence-corrected chi connectivity index (χ4v) is 2.43. The Hall–Kier alpha value is -2.17. The normalized spacial score (nSPS) is 13.3. The van der Waals surface area contributed by atoms with Crippen LogP contribution in [0.25, 0.3) is 11.4 Å². The van der Waals surface area contributed by atoms with E-state index in [9.17, 15) is 4.79 Å². The van der Waals surface area contributed by atoms with Gasteiger partial charge in [-0.3, -0.25) is 9.67 Å². The van der Waals surface area contributed by atoms with Crippen LogP contribution in [0.2, 0.25) is 0 Å². The fourth-order valence-electron chi connectivity index (χ4n) is 2.43. The van der Waals surface area contributed by atoms with Gasteiger partial charge in [-0.25, -0.2) is 4.79 Å². The highest BCUT2D eigenvalue weighted by Crippen LogP contribution is 2.28. The number of aryl methyl sites for hydroxylation is 1. The van der Waals surface area contributed by atoms with E-state index >= 15 is 0 Å². The van der Waals surface area contributed by atoms with E-state index in [1.165, 1.54) is 0 Å². The maximum atomic E-state index is 12.2. The molecule has 3 rings (SSSR count). The first kappa shape index (κ1) is 11.9. The SMILES string of the molecule is CCOC(=O)c1c(-c2ccccn2)nn2c1CCC2. The second kappa shape index (κ2) is 4.84. The van der Waals surface area contributed by atoms with Crippen molar-refractivity contribution < 1.29 is 9.53 Å². The molecule has 0 atom stereocenters. The Labute approximate surface area is 111 Å². The van der Waals surface area contributed by atoms with Gasteiger partial charge in [0.05, 0.1) is 18.0 Å². The molecular formula is C14H15N3O2. The highest BCUT2D eigenvalue weighted by Gasteiger charge is 2.28. The van der Waals surface area contributed by atoms with Crippen molar-refractivity contribution in [3.05, 3.63) is 35.7 Å². The van der Waals surface area contributed by atoms with Crippen LogP contribution in [-0.2, 0) is 17.7 Å². The molecule has 1 aliphatic rings. The molecule has 0 fully saturated rings. The zero-order chi connectivity index (χ0) is 13.2. The quantitative estimate of drug-likeness (QED) is 0.790. The van der Waals surface area contributed by atoms with Gasteiger partial charge in [0.2, 0.25) is 0 Å². The molecule has 0 aromatic carbocycles. The lowest BCUT2D eigenvalue weighted by molar-refractivity contribution is 0.0526. The van der Waals surface area contributed by atoms with Crippen LogP contribution in [0.1, 0.15) is 29.4 Å². The molecule has 0 bridgehead atoms. The molecule has 5 heteroatoms. The number of pyridine rings is 1. The zero-order valence-corrected chi connectivity index (χ0v) is 10.8. The third kappa shape index (κ3) is 2.01. The Balaban J connectivity index is 2.12. The number of aromatic nitrogens is 3. The van der Waals surface area contributed by atoms with E-state index < -0.39 is 0 Å². The van der Waals surface area contributed by atoms with Crippen molar-refractivity contribution in [3.63, 3.8) is 0 Å². The molecule has 0 aliphatic carbocycles. The average molecular weight is 257 g/mol. The number of ether oxygens (including phenoxy) is 1. The largest absolute Gasteiger partial charge is 0.462 e. The Morgan fingerprint density at radius 2 is 2.37 bits per heavy atom. The van der Waals surface area contributed by atoms with Gasteiger partial charge in [0.25, 0.3) is 0 Å². The molecule has 0 unspecified atom stereocenters. The number of fused-ring (bicyclic) bond motifs is 1. The van der Waals surface area contributed by atoms with Crippen LogP contribution in [-0.4, -0.2) is 27.3 Å². The number of carbonyl (C=O) groups is 1. The molecule has 3 heterocycles. The van der Waals surface area contributed by atoms with Gasteiger partial charge in [0.1, 0.15) is 11.3 Å². The van der Waals surface area contributed by atoms with Crippen LogP contribution in [0.4, 0.5) is 0 Å². The Morgan fingerprint density at radius 1 is 1.47 bits per heavy atom. The van der Waals surface area contributed by atoms with Crippen LogP contribution in [0.3, 0.4) is 0 Å². The summed E-state index contributed by atoms with van der Waals surface area (Å²) in [5.74, 6) is -0.300. The molecule has 5 nitrogen and oxygen atoms in total. The number of hydrogen-bond donors (Lipinski definition) is 0. The first-order valence-corrected chi connectivity index (χ1v) is 6.49. The second-order valence-electron chi connectivity index (χ2n) is 4.43. The summed E-state index contributed by atoms with van der Waals surface area (Å²) in [7, 11) is 0. The highest BCUT2D eigenvalue weighted by molar-refractivity contribution is 5.97. The van der Waals surface area contributed by atoms with Crippen molar-refractivity contribution >= 4 is 5.97 Å². The van der Waals surface area contributed by atoms with Crippen LogP contribution in [0.5, 0.6) is 0 Å². The van der Waals surface area contributed by atoms with Gasteiger partial charge in [0, 0.05) is 12.7 Å². The van der Waals surface area contributed by atoms with Gasteiger partial charge in [-0.05, 0) is 31.9 Å². The lowest BCUT2D eigenvalue weighted by atomic mass is 10.1. The molecule has 0 saturated heterocycles. The predicted octanol–water partition coefficient (Wildman–Crippen LogP) is 2.07. The predicted molar refractivity (Wildman–Crippen MR) is 69.7 cm³/mol. The van der Waals surface area contributed by atoms with Crippen LogP contribution in [0, 0.1) is 0 Å². The summed E-state index contributed by atoms with van der Waals surface area (Å²) in [4.78, 5) is 16.4. The molecule has 0 spiro atoms. The maximum absolute atomic E-state index is 12.2. The van der Waals surface area contributed by atoms with Crippen molar-refractivity contribution in [1.82, 2.24) is 14.8 Å². The van der Waals surface area contributed by atoms with Crippen molar-refractivity contribution in [3.8, 4) is 11.4 Å². The molecule has 0 radical (unpaired) electrons. The van der Waals surface area contributed by atoms with Gasteiger partial charge in [0.15, 0.2) is 0 Å². The molecule has 19 heavy (non-hydrogen) atoms. The van der Waals surface area contributed by atoms with Crippen LogP contribution < -0.4 is 0 Å². The summed E-state index contributed by atoms with van der Waals surface area (Å²) >= 11 is 0. The minimum absolute atomic E-state index is 0.300. The Kier molecular flexibility index (Phi) is 3.03. The third-order valence-corrected chi connectivity index (χ3v) is 3.23. The van der Waals surface area contributed by atoms with Gasteiger partial charge < -0.3 is 4.74 Å². The number of rotatable bonds is 3. The summed E-state index contributed by atoms with van der Waals surface area (Å²) in [6.07, 6.45) is 3.60. The second-order valence-corrected chi connectivity index (χ2v) is 4.43. The van der Waals surface area contributed by atoms with Crippen molar-refractivity contribution in [2.45, 2.75) is 26.3 Å². The van der Waals surface area contributed by atoms with Gasteiger partial charge in [-0.15, -0.1) is 0 Å². The van der Waals surface area contributed by atoms with Crippen molar-refractivity contribution in [1.29, 1.82) is 0 Å². The maximum Gasteiger partial charge on any atom is 0.342 e. The van der Waals surface area contributed by atoms with E-state index in [1.807, 2.05) is 29.8 Å². The zero-order valence-electron chi connectivity index (χ0n) is 10.8. The van der Waals surface area contributed by atoms with Crippen LogP contribution in [0.15, 0.2) is 24.4 Å². The molecule has 0 N–H and O–H groups in total. The lowest BCUT2D eigenvalue weighted by Crippen LogP contribution is -2.08. The molecule has 2 aromatic heterocycles. The van der Waals surface area contributed by atoms with E-state index in [4.69, 9.17) is 4.74 Å². The number of nitrogens with zero attached hydrogens (tertiary/aromatic N) is 3.